The standard InChI is InChI=1S/C12H7ClF4N2/c13-10-2-1-3-11(19-10)18-7-4-5-9(14)8(6-7)12(15,16)17/h1-6H,(H,18,19). The SMILES string of the molecule is Fc1ccc(Nc2cccc(Cl)n2)cc1C(F)(F)F. The number of benzene rings is 1. The Bertz CT molecular complexity index is 599. The van der Waals surface area contributed by atoms with Crippen LogP contribution in [0.2, 0.25) is 5.15 Å². The molecule has 0 radical (unpaired) electrons. The van der Waals surface area contributed by atoms with Gasteiger partial charge in [0.25, 0.3) is 0 Å². The molecule has 1 aromatic heterocycles. The highest BCUT2D eigenvalue weighted by Crippen LogP contribution is 2.33. The molecule has 1 aromatic carbocycles. The Hall–Kier alpha value is -1.82. The van der Waals surface area contributed by atoms with Gasteiger partial charge in [0.2, 0.25) is 0 Å². The van der Waals surface area contributed by atoms with Crippen molar-refractivity contribution >= 4 is 23.1 Å². The van der Waals surface area contributed by atoms with Crippen LogP contribution in [0.4, 0.5) is 29.1 Å². The maximum Gasteiger partial charge on any atom is 0.419 e. The summed E-state index contributed by atoms with van der Waals surface area (Å²) in [5.74, 6) is -1.05. The molecule has 0 unspecified atom stereocenters. The maximum atomic E-state index is 13.1. The van der Waals surface area contributed by atoms with E-state index >= 15 is 0 Å². The lowest BCUT2D eigenvalue weighted by Crippen LogP contribution is -2.08. The summed E-state index contributed by atoms with van der Waals surface area (Å²) < 4.78 is 50.7. The summed E-state index contributed by atoms with van der Waals surface area (Å²) in [6, 6.07) is 7.26. The molecule has 100 valence electrons. The summed E-state index contributed by atoms with van der Waals surface area (Å²) in [5.41, 5.74) is -1.26. The molecule has 0 amide bonds. The van der Waals surface area contributed by atoms with Gasteiger partial charge in [0.15, 0.2) is 0 Å². The van der Waals surface area contributed by atoms with Gasteiger partial charge in [-0.2, -0.15) is 13.2 Å². The minimum absolute atomic E-state index is 0.0727. The molecule has 0 atom stereocenters. The number of alkyl halides is 3. The number of hydrogen-bond acceptors (Lipinski definition) is 2. The molecule has 2 aromatic rings. The van der Waals surface area contributed by atoms with E-state index in [2.05, 4.69) is 10.3 Å². The zero-order valence-corrected chi connectivity index (χ0v) is 10.1. The summed E-state index contributed by atoms with van der Waals surface area (Å²) in [6.45, 7) is 0. The highest BCUT2D eigenvalue weighted by atomic mass is 35.5. The van der Waals surface area contributed by atoms with Gasteiger partial charge in [-0.15, -0.1) is 0 Å². The van der Waals surface area contributed by atoms with Crippen LogP contribution in [0.5, 0.6) is 0 Å². The minimum Gasteiger partial charge on any atom is -0.340 e. The van der Waals surface area contributed by atoms with Crippen LogP contribution in [0.15, 0.2) is 36.4 Å². The normalized spacial score (nSPS) is 11.4. The summed E-state index contributed by atoms with van der Waals surface area (Å²) >= 11 is 5.65. The van der Waals surface area contributed by atoms with Crippen molar-refractivity contribution < 1.29 is 17.6 Å². The molecule has 0 aliphatic rings. The first-order chi connectivity index (χ1) is 8.86. The van der Waals surface area contributed by atoms with Crippen molar-refractivity contribution in [3.8, 4) is 0 Å². The van der Waals surface area contributed by atoms with E-state index in [1.54, 1.807) is 6.07 Å². The Morgan fingerprint density at radius 1 is 1.11 bits per heavy atom. The van der Waals surface area contributed by atoms with Crippen molar-refractivity contribution in [1.82, 2.24) is 4.98 Å². The van der Waals surface area contributed by atoms with Crippen molar-refractivity contribution in [3.63, 3.8) is 0 Å². The molecule has 2 nitrogen and oxygen atoms in total. The third-order valence-corrected chi connectivity index (χ3v) is 2.47. The molecule has 2 rings (SSSR count). The Morgan fingerprint density at radius 2 is 1.84 bits per heavy atom. The lowest BCUT2D eigenvalue weighted by molar-refractivity contribution is -0.139. The predicted octanol–water partition coefficient (Wildman–Crippen LogP) is 4.64. The Labute approximate surface area is 111 Å². The Balaban J connectivity index is 2.32. The fourth-order valence-electron chi connectivity index (χ4n) is 1.45. The lowest BCUT2D eigenvalue weighted by atomic mass is 10.2. The number of rotatable bonds is 2. The second-order valence-corrected chi connectivity index (χ2v) is 4.05. The second kappa shape index (κ2) is 5.05. The van der Waals surface area contributed by atoms with Crippen LogP contribution in [0, 0.1) is 5.82 Å². The van der Waals surface area contributed by atoms with Gasteiger partial charge >= 0.3 is 6.18 Å². The first kappa shape index (κ1) is 13.6. The first-order valence-electron chi connectivity index (χ1n) is 5.12. The van der Waals surface area contributed by atoms with Crippen molar-refractivity contribution in [2.45, 2.75) is 6.18 Å². The second-order valence-electron chi connectivity index (χ2n) is 3.66. The highest BCUT2D eigenvalue weighted by Gasteiger charge is 2.34. The molecule has 19 heavy (non-hydrogen) atoms. The van der Waals surface area contributed by atoms with E-state index in [0.717, 1.165) is 6.07 Å². The third-order valence-electron chi connectivity index (χ3n) is 2.26. The van der Waals surface area contributed by atoms with Crippen molar-refractivity contribution in [1.29, 1.82) is 0 Å². The van der Waals surface area contributed by atoms with E-state index in [1.165, 1.54) is 18.2 Å². The average Bonchev–Trinajstić information content (AvgIpc) is 2.30. The lowest BCUT2D eigenvalue weighted by Gasteiger charge is -2.11. The molecule has 0 fully saturated rings. The van der Waals surface area contributed by atoms with E-state index in [-0.39, 0.29) is 16.7 Å². The average molecular weight is 291 g/mol. The van der Waals surface area contributed by atoms with Crippen LogP contribution >= 0.6 is 11.6 Å². The summed E-state index contributed by atoms with van der Waals surface area (Å²) in [7, 11) is 0. The number of nitrogens with zero attached hydrogens (tertiary/aromatic N) is 1. The third kappa shape index (κ3) is 3.35. The summed E-state index contributed by atoms with van der Waals surface area (Å²) in [6.07, 6.45) is -4.75. The first-order valence-corrected chi connectivity index (χ1v) is 5.50. The maximum absolute atomic E-state index is 13.1. The van der Waals surface area contributed by atoms with Crippen LogP contribution < -0.4 is 5.32 Å². The fraction of sp³-hybridized carbons (Fsp3) is 0.0833. The molecule has 0 saturated heterocycles. The van der Waals surface area contributed by atoms with Crippen LogP contribution in [-0.4, -0.2) is 4.98 Å². The molecule has 0 aliphatic carbocycles. The zero-order chi connectivity index (χ0) is 14.0. The van der Waals surface area contributed by atoms with Gasteiger partial charge in [-0.3, -0.25) is 0 Å². The highest BCUT2D eigenvalue weighted by molar-refractivity contribution is 6.29. The molecular formula is C12H7ClF4N2. The molecule has 1 N–H and O–H groups in total. The zero-order valence-electron chi connectivity index (χ0n) is 9.30. The summed E-state index contributed by atoms with van der Waals surface area (Å²) in [4.78, 5) is 3.86. The van der Waals surface area contributed by atoms with Gasteiger partial charge in [0.1, 0.15) is 16.8 Å². The van der Waals surface area contributed by atoms with Crippen LogP contribution in [-0.2, 0) is 6.18 Å². The van der Waals surface area contributed by atoms with Crippen molar-refractivity contribution in [2.75, 3.05) is 5.32 Å². The molecular weight excluding hydrogens is 284 g/mol. The molecule has 1 heterocycles. The number of nitrogens with one attached hydrogen (secondary N) is 1. The van der Waals surface area contributed by atoms with E-state index in [0.29, 0.717) is 6.07 Å². The summed E-state index contributed by atoms with van der Waals surface area (Å²) in [5, 5.41) is 2.82. The smallest absolute Gasteiger partial charge is 0.340 e. The Kier molecular flexibility index (Phi) is 3.61. The van der Waals surface area contributed by atoms with Crippen LogP contribution in [0.1, 0.15) is 5.56 Å². The van der Waals surface area contributed by atoms with Crippen LogP contribution in [0.25, 0.3) is 0 Å². The van der Waals surface area contributed by atoms with Gasteiger partial charge in [0, 0.05) is 5.69 Å². The number of hydrogen-bond donors (Lipinski definition) is 1. The van der Waals surface area contributed by atoms with Gasteiger partial charge in [-0.25, -0.2) is 9.37 Å². The molecule has 0 bridgehead atoms. The largest absolute Gasteiger partial charge is 0.419 e. The number of aromatic nitrogens is 1. The number of anilines is 2. The number of halogens is 5. The van der Waals surface area contributed by atoms with Crippen LogP contribution in [0.3, 0.4) is 0 Å². The van der Waals surface area contributed by atoms with E-state index < -0.39 is 17.6 Å². The Morgan fingerprint density at radius 3 is 2.47 bits per heavy atom. The molecule has 0 saturated carbocycles. The van der Waals surface area contributed by atoms with Crippen molar-refractivity contribution in [2.24, 2.45) is 0 Å². The van der Waals surface area contributed by atoms with Gasteiger partial charge in [-0.1, -0.05) is 17.7 Å². The van der Waals surface area contributed by atoms with E-state index in [1.807, 2.05) is 0 Å². The molecule has 0 aliphatic heterocycles. The van der Waals surface area contributed by atoms with Gasteiger partial charge < -0.3 is 5.32 Å². The van der Waals surface area contributed by atoms with E-state index in [4.69, 9.17) is 11.6 Å². The van der Waals surface area contributed by atoms with E-state index in [9.17, 15) is 17.6 Å². The van der Waals surface area contributed by atoms with Gasteiger partial charge in [-0.05, 0) is 30.3 Å². The number of pyridine rings is 1. The fourth-order valence-corrected chi connectivity index (χ4v) is 1.61. The minimum atomic E-state index is -4.75. The van der Waals surface area contributed by atoms with Gasteiger partial charge in [0.05, 0.1) is 5.56 Å². The van der Waals surface area contributed by atoms with Crippen molar-refractivity contribution in [3.05, 3.63) is 52.9 Å². The monoisotopic (exact) mass is 290 g/mol. The molecule has 0 spiro atoms. The topological polar surface area (TPSA) is 24.9 Å². The predicted molar refractivity (Wildman–Crippen MR) is 63.9 cm³/mol. The quantitative estimate of drug-likeness (QED) is 0.644. The molecule has 7 heteroatoms.